The summed E-state index contributed by atoms with van der Waals surface area (Å²) in [6.07, 6.45) is 6.03. The molecule has 0 atom stereocenters. The second kappa shape index (κ2) is 16.5. The number of benzene rings is 6. The summed E-state index contributed by atoms with van der Waals surface area (Å²) in [5.74, 6) is 1.25. The van der Waals surface area contributed by atoms with Crippen LogP contribution < -0.4 is 25.7 Å². The van der Waals surface area contributed by atoms with Gasteiger partial charge in [0.1, 0.15) is 22.4 Å². The number of amides is 2. The first-order chi connectivity index (χ1) is 26.4. The zero-order valence-electron chi connectivity index (χ0n) is 30.3. The fourth-order valence-electron chi connectivity index (χ4n) is 7.16. The molecule has 1 aromatic heterocycles. The van der Waals surface area contributed by atoms with Crippen molar-refractivity contribution in [2.75, 3.05) is 26.1 Å². The standard InChI is InChI=1S/C26H28N2O3.C19H13NO3/c1-31-23-16-8-15-22(24(23)26(30)27-17-18-9-3-2-4-10-18)28-25(29)21-14-7-12-19-11-5-6-13-20(19)21;1-22-16-11-5-10-15-17(16)19(21)23-18(20-15)14-9-4-7-12-6-2-3-8-13(12)14/h5-8,11-16,18H,2-4,9-10,17H2,1H3,(H,27,30)(H,28,29);2-11H,1H3. The van der Waals surface area contributed by atoms with Crippen LogP contribution in [0.1, 0.15) is 52.8 Å². The molecule has 0 radical (unpaired) electrons. The van der Waals surface area contributed by atoms with Gasteiger partial charge in [-0.1, -0.05) is 104 Å². The largest absolute Gasteiger partial charge is 0.496 e. The molecule has 0 bridgehead atoms. The minimum atomic E-state index is -0.449. The molecule has 0 unspecified atom stereocenters. The van der Waals surface area contributed by atoms with E-state index in [1.54, 1.807) is 42.5 Å². The van der Waals surface area contributed by atoms with Crippen molar-refractivity contribution in [1.29, 1.82) is 0 Å². The Morgan fingerprint density at radius 3 is 2.09 bits per heavy atom. The second-order valence-electron chi connectivity index (χ2n) is 13.3. The lowest BCUT2D eigenvalue weighted by Gasteiger charge is -2.22. The highest BCUT2D eigenvalue weighted by Gasteiger charge is 2.22. The van der Waals surface area contributed by atoms with Gasteiger partial charge in [0.15, 0.2) is 0 Å². The van der Waals surface area contributed by atoms with Crippen LogP contribution in [0, 0.1) is 5.92 Å². The van der Waals surface area contributed by atoms with E-state index < -0.39 is 5.63 Å². The van der Waals surface area contributed by atoms with Crippen LogP contribution in [-0.2, 0) is 0 Å². The first kappa shape index (κ1) is 35.9. The van der Waals surface area contributed by atoms with Gasteiger partial charge in [0, 0.05) is 17.7 Å². The Morgan fingerprint density at radius 1 is 0.704 bits per heavy atom. The summed E-state index contributed by atoms with van der Waals surface area (Å²) >= 11 is 0. The molecule has 9 nitrogen and oxygen atoms in total. The SMILES string of the molecule is COc1cccc(NC(=O)c2cccc3ccccc23)c1C(=O)NCC1CCCCC1.COc1cccc2nc(-c3cccc4ccccc34)oc(=O)c12. The van der Waals surface area contributed by atoms with Gasteiger partial charge in [-0.15, -0.1) is 0 Å². The number of nitrogens with one attached hydrogen (secondary N) is 2. The average molecular weight is 720 g/mol. The lowest BCUT2D eigenvalue weighted by molar-refractivity contribution is 0.0941. The van der Waals surface area contributed by atoms with Crippen molar-refractivity contribution in [3.05, 3.63) is 143 Å². The van der Waals surface area contributed by atoms with Crippen LogP contribution in [0.15, 0.2) is 131 Å². The normalized spacial score (nSPS) is 12.9. The number of ether oxygens (including phenoxy) is 2. The summed E-state index contributed by atoms with van der Waals surface area (Å²) in [6.45, 7) is 0.646. The summed E-state index contributed by atoms with van der Waals surface area (Å²) < 4.78 is 16.1. The van der Waals surface area contributed by atoms with Gasteiger partial charge in [-0.2, -0.15) is 0 Å². The average Bonchev–Trinajstić information content (AvgIpc) is 3.22. The maximum absolute atomic E-state index is 13.1. The Kier molecular flexibility index (Phi) is 10.9. The van der Waals surface area contributed by atoms with Crippen molar-refractivity contribution < 1.29 is 23.5 Å². The Morgan fingerprint density at radius 2 is 1.33 bits per heavy atom. The predicted molar refractivity (Wildman–Crippen MR) is 214 cm³/mol. The van der Waals surface area contributed by atoms with Gasteiger partial charge in [0.05, 0.1) is 25.4 Å². The third kappa shape index (κ3) is 7.66. The van der Waals surface area contributed by atoms with Crippen LogP contribution in [0.4, 0.5) is 5.69 Å². The monoisotopic (exact) mass is 719 g/mol. The second-order valence-corrected chi connectivity index (χ2v) is 13.3. The van der Waals surface area contributed by atoms with E-state index in [1.807, 2.05) is 78.9 Å². The highest BCUT2D eigenvalue weighted by atomic mass is 16.5. The minimum absolute atomic E-state index is 0.226. The number of nitrogens with zero attached hydrogens (tertiary/aromatic N) is 1. The number of anilines is 1. The zero-order chi connectivity index (χ0) is 37.4. The number of methoxy groups -OCH3 is 2. The fraction of sp³-hybridized carbons (Fsp3) is 0.200. The minimum Gasteiger partial charge on any atom is -0.496 e. The molecule has 1 heterocycles. The lowest BCUT2D eigenvalue weighted by Crippen LogP contribution is -2.31. The van der Waals surface area contributed by atoms with E-state index in [0.717, 1.165) is 39.9 Å². The topological polar surface area (TPSA) is 120 Å². The van der Waals surface area contributed by atoms with Gasteiger partial charge >= 0.3 is 5.63 Å². The third-order valence-corrected chi connectivity index (χ3v) is 9.89. The van der Waals surface area contributed by atoms with E-state index in [0.29, 0.717) is 57.6 Å². The Bertz CT molecular complexity index is 2510. The molecule has 9 heteroatoms. The number of hydrogen-bond acceptors (Lipinski definition) is 7. The molecule has 2 N–H and O–H groups in total. The van der Waals surface area contributed by atoms with Crippen LogP contribution in [-0.4, -0.2) is 37.6 Å². The van der Waals surface area contributed by atoms with E-state index in [-0.39, 0.29) is 11.8 Å². The molecule has 272 valence electrons. The molecule has 1 fully saturated rings. The van der Waals surface area contributed by atoms with E-state index in [4.69, 9.17) is 13.9 Å². The van der Waals surface area contributed by atoms with Crippen molar-refractivity contribution in [1.82, 2.24) is 10.3 Å². The predicted octanol–water partition coefficient (Wildman–Crippen LogP) is 9.43. The summed E-state index contributed by atoms with van der Waals surface area (Å²) in [6, 6.07) is 37.7. The molecule has 54 heavy (non-hydrogen) atoms. The van der Waals surface area contributed by atoms with E-state index in [9.17, 15) is 14.4 Å². The van der Waals surface area contributed by atoms with Crippen LogP contribution in [0.25, 0.3) is 43.9 Å². The molecule has 0 spiro atoms. The quantitative estimate of drug-likeness (QED) is 0.161. The molecule has 1 saturated carbocycles. The van der Waals surface area contributed by atoms with Crippen LogP contribution in [0.2, 0.25) is 0 Å². The van der Waals surface area contributed by atoms with Crippen molar-refractivity contribution >= 4 is 49.9 Å². The summed E-state index contributed by atoms with van der Waals surface area (Å²) in [5, 5.41) is 10.3. The van der Waals surface area contributed by atoms with Crippen molar-refractivity contribution in [2.45, 2.75) is 32.1 Å². The van der Waals surface area contributed by atoms with Crippen molar-refractivity contribution in [2.24, 2.45) is 5.92 Å². The summed E-state index contributed by atoms with van der Waals surface area (Å²) in [7, 11) is 3.05. The molecule has 2 amide bonds. The van der Waals surface area contributed by atoms with Gasteiger partial charge in [0.2, 0.25) is 5.89 Å². The van der Waals surface area contributed by atoms with Crippen LogP contribution in [0.5, 0.6) is 11.5 Å². The summed E-state index contributed by atoms with van der Waals surface area (Å²) in [5.41, 5.74) is 2.27. The smallest absolute Gasteiger partial charge is 0.350 e. The van der Waals surface area contributed by atoms with Crippen LogP contribution >= 0.6 is 0 Å². The molecule has 1 aliphatic rings. The van der Waals surface area contributed by atoms with Crippen LogP contribution in [0.3, 0.4) is 0 Å². The molecular formula is C45H41N3O6. The number of carbonyl (C=O) groups excluding carboxylic acids is 2. The highest BCUT2D eigenvalue weighted by Crippen LogP contribution is 2.31. The maximum atomic E-state index is 13.1. The Hall–Kier alpha value is -6.48. The van der Waals surface area contributed by atoms with Gasteiger partial charge in [-0.3, -0.25) is 9.59 Å². The first-order valence-corrected chi connectivity index (χ1v) is 18.2. The molecule has 6 aromatic carbocycles. The van der Waals surface area contributed by atoms with Gasteiger partial charge in [0.25, 0.3) is 11.8 Å². The van der Waals surface area contributed by atoms with Gasteiger partial charge in [-0.05, 0) is 76.7 Å². The lowest BCUT2D eigenvalue weighted by atomic mass is 9.89. The number of fused-ring (bicyclic) bond motifs is 3. The van der Waals surface area contributed by atoms with E-state index in [2.05, 4.69) is 15.6 Å². The number of aromatic nitrogens is 1. The Labute approximate surface area is 312 Å². The number of rotatable bonds is 8. The molecule has 0 aliphatic heterocycles. The van der Waals surface area contributed by atoms with E-state index in [1.165, 1.54) is 33.5 Å². The van der Waals surface area contributed by atoms with Gasteiger partial charge < -0.3 is 24.5 Å². The fourth-order valence-corrected chi connectivity index (χ4v) is 7.16. The van der Waals surface area contributed by atoms with Gasteiger partial charge in [-0.25, -0.2) is 9.78 Å². The molecule has 8 rings (SSSR count). The highest BCUT2D eigenvalue weighted by molar-refractivity contribution is 6.15. The molecule has 0 saturated heterocycles. The summed E-state index contributed by atoms with van der Waals surface area (Å²) in [4.78, 5) is 43.1. The van der Waals surface area contributed by atoms with Crippen molar-refractivity contribution in [3.8, 4) is 23.0 Å². The number of carbonyl (C=O) groups is 2. The molecule has 1 aliphatic carbocycles. The Balaban J connectivity index is 0.000000174. The first-order valence-electron chi connectivity index (χ1n) is 18.2. The number of hydrogen-bond donors (Lipinski definition) is 2. The maximum Gasteiger partial charge on any atom is 0.350 e. The molecule has 7 aromatic rings. The van der Waals surface area contributed by atoms with Crippen molar-refractivity contribution in [3.63, 3.8) is 0 Å². The zero-order valence-corrected chi connectivity index (χ0v) is 30.3. The molecular weight excluding hydrogens is 679 g/mol. The van der Waals surface area contributed by atoms with E-state index >= 15 is 0 Å². The third-order valence-electron chi connectivity index (χ3n) is 9.89.